The Balaban J connectivity index is 1.65. The Morgan fingerprint density at radius 3 is 2.52 bits per heavy atom. The average Bonchev–Trinajstić information content (AvgIpc) is 3.16. The summed E-state index contributed by atoms with van der Waals surface area (Å²) in [5.74, 6) is -0.657. The number of aromatic nitrogens is 1. The molecule has 1 aromatic heterocycles. The predicted octanol–water partition coefficient (Wildman–Crippen LogP) is 4.99. The molecule has 1 aliphatic carbocycles. The Kier molecular flexibility index (Phi) is 5.82. The minimum absolute atomic E-state index is 0.0843. The first-order chi connectivity index (χ1) is 16.2. The van der Waals surface area contributed by atoms with Crippen molar-refractivity contribution in [2.75, 3.05) is 12.4 Å². The maximum Gasteiger partial charge on any atom is 0.338 e. The lowest BCUT2D eigenvalue weighted by Crippen LogP contribution is -2.41. The first kappa shape index (κ1) is 21.2. The van der Waals surface area contributed by atoms with Gasteiger partial charge >= 0.3 is 5.97 Å². The number of anilines is 1. The summed E-state index contributed by atoms with van der Waals surface area (Å²) in [6.45, 7) is 0. The molecule has 1 unspecified atom stereocenters. The molecule has 33 heavy (non-hydrogen) atoms. The van der Waals surface area contributed by atoms with Crippen LogP contribution in [0.1, 0.15) is 43.7 Å². The Labute approximate surface area is 193 Å². The monoisotopic (exact) mass is 441 g/mol. The van der Waals surface area contributed by atoms with Crippen LogP contribution in [0, 0.1) is 0 Å². The topological polar surface area (TPSA) is 71.5 Å². The minimum atomic E-state index is -0.494. The van der Waals surface area contributed by atoms with Crippen molar-refractivity contribution in [2.45, 2.75) is 44.2 Å². The number of esters is 1. The van der Waals surface area contributed by atoms with Gasteiger partial charge in [-0.25, -0.2) is 4.79 Å². The lowest BCUT2D eigenvalue weighted by molar-refractivity contribution is -0.136. The average molecular weight is 442 g/mol. The number of carbonyl (C=O) groups is 2. The van der Waals surface area contributed by atoms with Crippen LogP contribution in [0.4, 0.5) is 5.69 Å². The second-order valence-electron chi connectivity index (χ2n) is 8.60. The number of nitrogens with zero attached hydrogens (tertiary/aromatic N) is 2. The number of pyridine rings is 1. The van der Waals surface area contributed by atoms with E-state index in [4.69, 9.17) is 4.74 Å². The Morgan fingerprint density at radius 1 is 1.00 bits per heavy atom. The number of hydrogen-bond donors (Lipinski definition) is 1. The Hall–Kier alpha value is -3.67. The number of ether oxygens (including phenoxy) is 1. The summed E-state index contributed by atoms with van der Waals surface area (Å²) in [6, 6.07) is 19.0. The van der Waals surface area contributed by atoms with Gasteiger partial charge in [0, 0.05) is 17.6 Å². The van der Waals surface area contributed by atoms with E-state index in [-0.39, 0.29) is 17.6 Å². The van der Waals surface area contributed by atoms with E-state index in [1.54, 1.807) is 6.20 Å². The molecule has 168 valence electrons. The highest BCUT2D eigenvalue weighted by Gasteiger charge is 2.47. The van der Waals surface area contributed by atoms with Crippen LogP contribution in [0.5, 0.6) is 0 Å². The van der Waals surface area contributed by atoms with Crippen LogP contribution >= 0.6 is 0 Å². The quantitative estimate of drug-likeness (QED) is 0.565. The molecule has 1 aliphatic heterocycles. The van der Waals surface area contributed by atoms with E-state index >= 15 is 0 Å². The number of carbonyl (C=O) groups excluding carboxylic acids is 2. The van der Waals surface area contributed by atoms with Gasteiger partial charge in [0.05, 0.1) is 29.9 Å². The van der Waals surface area contributed by atoms with Crippen molar-refractivity contribution in [1.82, 2.24) is 9.88 Å². The van der Waals surface area contributed by atoms with Crippen molar-refractivity contribution >= 4 is 28.5 Å². The maximum absolute atomic E-state index is 13.9. The largest absolute Gasteiger partial charge is 0.466 e. The molecule has 2 aromatic carbocycles. The third-order valence-electron chi connectivity index (χ3n) is 6.65. The molecule has 3 aromatic rings. The summed E-state index contributed by atoms with van der Waals surface area (Å²) >= 11 is 0. The molecular weight excluding hydrogens is 414 g/mol. The van der Waals surface area contributed by atoms with Crippen molar-refractivity contribution in [3.63, 3.8) is 0 Å². The van der Waals surface area contributed by atoms with Gasteiger partial charge in [0.15, 0.2) is 0 Å². The number of para-hydroxylation sites is 1. The van der Waals surface area contributed by atoms with Gasteiger partial charge in [0.25, 0.3) is 5.91 Å². The lowest BCUT2D eigenvalue weighted by atomic mass is 9.91. The Bertz CT molecular complexity index is 1210. The highest BCUT2D eigenvalue weighted by molar-refractivity contribution is 6.10. The zero-order valence-corrected chi connectivity index (χ0v) is 18.7. The van der Waals surface area contributed by atoms with Gasteiger partial charge in [0.2, 0.25) is 0 Å². The predicted molar refractivity (Wildman–Crippen MR) is 127 cm³/mol. The summed E-state index contributed by atoms with van der Waals surface area (Å²) in [5.41, 5.74) is 2.98. The molecule has 1 amide bonds. The summed E-state index contributed by atoms with van der Waals surface area (Å²) in [6.07, 6.45) is 6.94. The second-order valence-corrected chi connectivity index (χ2v) is 8.60. The number of benzene rings is 2. The Morgan fingerprint density at radius 2 is 1.76 bits per heavy atom. The molecule has 0 spiro atoms. The molecule has 2 aliphatic rings. The zero-order valence-electron chi connectivity index (χ0n) is 18.7. The van der Waals surface area contributed by atoms with E-state index in [1.807, 2.05) is 65.6 Å². The summed E-state index contributed by atoms with van der Waals surface area (Å²) < 4.78 is 5.19. The molecule has 1 fully saturated rings. The normalized spacial score (nSPS) is 19.2. The van der Waals surface area contributed by atoms with Crippen molar-refractivity contribution in [1.29, 1.82) is 0 Å². The lowest BCUT2D eigenvalue weighted by Gasteiger charge is -2.36. The standard InChI is InChI=1S/C27H27N3O3/c1-33-27(32)22-24(29-21-16-8-12-18-13-9-17-28-23(18)21)26(31)30(20-14-6-3-7-15-20)25(22)19-10-4-2-5-11-19/h2,4-5,8-13,16-17,20,25,29H,3,6-7,14-15H2,1H3. The molecule has 1 saturated carbocycles. The maximum atomic E-state index is 13.9. The van der Waals surface area contributed by atoms with Crippen molar-refractivity contribution in [3.05, 3.63) is 83.7 Å². The highest BCUT2D eigenvalue weighted by Crippen LogP contribution is 2.43. The number of fused-ring (bicyclic) bond motifs is 1. The van der Waals surface area contributed by atoms with Crippen LogP contribution in [0.15, 0.2) is 78.1 Å². The number of amides is 1. The molecule has 0 saturated heterocycles. The molecule has 6 heteroatoms. The summed E-state index contributed by atoms with van der Waals surface area (Å²) in [4.78, 5) is 33.5. The van der Waals surface area contributed by atoms with Gasteiger partial charge in [-0.1, -0.05) is 67.8 Å². The van der Waals surface area contributed by atoms with Gasteiger partial charge in [-0.15, -0.1) is 0 Å². The molecule has 1 atom stereocenters. The molecule has 2 heterocycles. The summed E-state index contributed by atoms with van der Waals surface area (Å²) in [7, 11) is 1.36. The van der Waals surface area contributed by atoms with Crippen LogP contribution in [-0.2, 0) is 14.3 Å². The van der Waals surface area contributed by atoms with Crippen LogP contribution in [-0.4, -0.2) is 34.9 Å². The van der Waals surface area contributed by atoms with E-state index in [1.165, 1.54) is 13.5 Å². The number of rotatable bonds is 5. The van der Waals surface area contributed by atoms with Gasteiger partial charge in [-0.2, -0.15) is 0 Å². The molecular formula is C27H27N3O3. The first-order valence-electron chi connectivity index (χ1n) is 11.5. The van der Waals surface area contributed by atoms with Crippen molar-refractivity contribution in [2.24, 2.45) is 0 Å². The van der Waals surface area contributed by atoms with Gasteiger partial charge < -0.3 is 15.0 Å². The number of methoxy groups -OCH3 is 1. The molecule has 5 rings (SSSR count). The second kappa shape index (κ2) is 9.06. The van der Waals surface area contributed by atoms with Crippen LogP contribution in [0.3, 0.4) is 0 Å². The first-order valence-corrected chi connectivity index (χ1v) is 11.5. The fourth-order valence-corrected chi connectivity index (χ4v) is 5.12. The molecule has 0 bridgehead atoms. The van der Waals surface area contributed by atoms with Crippen LogP contribution in [0.2, 0.25) is 0 Å². The fourth-order valence-electron chi connectivity index (χ4n) is 5.12. The van der Waals surface area contributed by atoms with E-state index in [9.17, 15) is 9.59 Å². The number of hydrogen-bond acceptors (Lipinski definition) is 5. The minimum Gasteiger partial charge on any atom is -0.466 e. The van der Waals surface area contributed by atoms with Gasteiger partial charge in [0.1, 0.15) is 5.70 Å². The smallest absolute Gasteiger partial charge is 0.338 e. The van der Waals surface area contributed by atoms with Gasteiger partial charge in [-0.05, 0) is 30.5 Å². The van der Waals surface area contributed by atoms with Gasteiger partial charge in [-0.3, -0.25) is 9.78 Å². The molecule has 1 N–H and O–H groups in total. The van der Waals surface area contributed by atoms with Crippen molar-refractivity contribution < 1.29 is 14.3 Å². The van der Waals surface area contributed by atoms with Crippen LogP contribution < -0.4 is 5.32 Å². The molecule has 0 radical (unpaired) electrons. The summed E-state index contributed by atoms with van der Waals surface area (Å²) in [5, 5.41) is 4.25. The van der Waals surface area contributed by atoms with E-state index in [0.29, 0.717) is 11.3 Å². The zero-order chi connectivity index (χ0) is 22.8. The number of nitrogens with one attached hydrogen (secondary N) is 1. The van der Waals surface area contributed by atoms with Crippen LogP contribution in [0.25, 0.3) is 10.9 Å². The SMILES string of the molecule is COC(=O)C1=C(Nc2cccc3cccnc23)C(=O)N(C2CCCCC2)C1c1ccccc1. The fraction of sp³-hybridized carbons (Fsp3) is 0.296. The highest BCUT2D eigenvalue weighted by atomic mass is 16.5. The van der Waals surface area contributed by atoms with E-state index in [0.717, 1.165) is 42.1 Å². The van der Waals surface area contributed by atoms with Crippen molar-refractivity contribution in [3.8, 4) is 0 Å². The van der Waals surface area contributed by atoms with E-state index < -0.39 is 12.0 Å². The third-order valence-corrected chi connectivity index (χ3v) is 6.65. The third kappa shape index (κ3) is 3.86. The van der Waals surface area contributed by atoms with E-state index in [2.05, 4.69) is 10.3 Å². The molecule has 6 nitrogen and oxygen atoms in total.